The molecule has 1 aromatic rings. The molecule has 0 spiro atoms. The van der Waals surface area contributed by atoms with Crippen molar-refractivity contribution in [1.82, 2.24) is 4.90 Å². The zero-order valence-corrected chi connectivity index (χ0v) is 10.5. The zero-order chi connectivity index (χ0) is 10.8. The number of nitrogens with zero attached hydrogens (tertiary/aromatic N) is 1. The molecule has 1 saturated heterocycles. The van der Waals surface area contributed by atoms with Crippen LogP contribution in [0.4, 0.5) is 0 Å². The Morgan fingerprint density at radius 1 is 1.33 bits per heavy atom. The first-order valence-corrected chi connectivity index (χ1v) is 6.10. The highest BCUT2D eigenvalue weighted by molar-refractivity contribution is 9.10. The summed E-state index contributed by atoms with van der Waals surface area (Å²) >= 11 is 9.19. The molecule has 2 nitrogen and oxygen atoms in total. The molecule has 1 fully saturated rings. The number of benzene rings is 1. The number of amides is 1. The van der Waals surface area contributed by atoms with Crippen LogP contribution in [0.15, 0.2) is 22.7 Å². The lowest BCUT2D eigenvalue weighted by molar-refractivity contribution is 0.0793. The molecule has 1 amide bonds. The molecule has 0 saturated carbocycles. The van der Waals surface area contributed by atoms with Crippen LogP contribution in [-0.4, -0.2) is 23.9 Å². The van der Waals surface area contributed by atoms with Crippen LogP contribution in [0.3, 0.4) is 0 Å². The van der Waals surface area contributed by atoms with E-state index in [2.05, 4.69) is 15.9 Å². The lowest BCUT2D eigenvalue weighted by Gasteiger charge is -2.15. The smallest absolute Gasteiger partial charge is 0.253 e. The third-order valence-electron chi connectivity index (χ3n) is 2.56. The Labute approximate surface area is 102 Å². The quantitative estimate of drug-likeness (QED) is 0.776. The van der Waals surface area contributed by atoms with Gasteiger partial charge in [0, 0.05) is 23.1 Å². The van der Waals surface area contributed by atoms with Gasteiger partial charge in [0.15, 0.2) is 0 Å². The Hall–Kier alpha value is -0.540. The second kappa shape index (κ2) is 4.54. The molecule has 0 unspecified atom stereocenters. The minimum Gasteiger partial charge on any atom is -0.339 e. The van der Waals surface area contributed by atoms with Crippen LogP contribution in [0.1, 0.15) is 23.2 Å². The number of carbonyl (C=O) groups excluding carboxylic acids is 1. The molecule has 15 heavy (non-hydrogen) atoms. The van der Waals surface area contributed by atoms with Gasteiger partial charge in [-0.3, -0.25) is 4.79 Å². The predicted molar refractivity (Wildman–Crippen MR) is 64.3 cm³/mol. The van der Waals surface area contributed by atoms with Gasteiger partial charge in [-0.2, -0.15) is 0 Å². The van der Waals surface area contributed by atoms with Gasteiger partial charge in [-0.1, -0.05) is 11.6 Å². The average molecular weight is 289 g/mol. The van der Waals surface area contributed by atoms with E-state index in [1.807, 2.05) is 4.90 Å². The van der Waals surface area contributed by atoms with Crippen molar-refractivity contribution in [2.24, 2.45) is 0 Å². The highest BCUT2D eigenvalue weighted by Gasteiger charge is 2.19. The SMILES string of the molecule is O=C(c1ccc(Cl)c(Br)c1)N1CCCC1. The molecule has 0 radical (unpaired) electrons. The van der Waals surface area contributed by atoms with E-state index in [0.717, 1.165) is 30.4 Å². The molecule has 2 rings (SSSR count). The van der Waals surface area contributed by atoms with Gasteiger partial charge in [0.2, 0.25) is 0 Å². The van der Waals surface area contributed by atoms with Gasteiger partial charge in [-0.25, -0.2) is 0 Å². The van der Waals surface area contributed by atoms with Crippen LogP contribution in [0.25, 0.3) is 0 Å². The Bertz CT molecular complexity index is 388. The molecule has 1 aliphatic rings. The molecule has 0 N–H and O–H groups in total. The number of likely N-dealkylation sites (tertiary alicyclic amines) is 1. The standard InChI is InChI=1S/C11H11BrClNO/c12-9-7-8(3-4-10(9)13)11(15)14-5-1-2-6-14/h3-4,7H,1-2,5-6H2. The van der Waals surface area contributed by atoms with Crippen molar-refractivity contribution in [2.45, 2.75) is 12.8 Å². The minimum absolute atomic E-state index is 0.102. The number of halogens is 2. The summed E-state index contributed by atoms with van der Waals surface area (Å²) in [6, 6.07) is 5.30. The summed E-state index contributed by atoms with van der Waals surface area (Å²) in [7, 11) is 0. The van der Waals surface area contributed by atoms with Gasteiger partial charge >= 0.3 is 0 Å². The van der Waals surface area contributed by atoms with Crippen molar-refractivity contribution in [2.75, 3.05) is 13.1 Å². The van der Waals surface area contributed by atoms with Crippen molar-refractivity contribution in [3.05, 3.63) is 33.3 Å². The van der Waals surface area contributed by atoms with Crippen molar-refractivity contribution in [3.8, 4) is 0 Å². The summed E-state index contributed by atoms with van der Waals surface area (Å²) in [5.41, 5.74) is 0.702. The summed E-state index contributed by atoms with van der Waals surface area (Å²) in [5, 5.41) is 0.632. The van der Waals surface area contributed by atoms with Gasteiger partial charge in [-0.05, 0) is 47.0 Å². The second-order valence-corrected chi connectivity index (χ2v) is 4.89. The summed E-state index contributed by atoms with van der Waals surface area (Å²) < 4.78 is 0.772. The van der Waals surface area contributed by atoms with E-state index in [0.29, 0.717) is 10.6 Å². The molecule has 1 heterocycles. The van der Waals surface area contributed by atoms with Crippen molar-refractivity contribution in [1.29, 1.82) is 0 Å². The fourth-order valence-electron chi connectivity index (χ4n) is 1.73. The van der Waals surface area contributed by atoms with Crippen LogP contribution >= 0.6 is 27.5 Å². The number of rotatable bonds is 1. The second-order valence-electron chi connectivity index (χ2n) is 3.63. The fraction of sp³-hybridized carbons (Fsp3) is 0.364. The molecule has 80 valence electrons. The van der Waals surface area contributed by atoms with E-state index in [-0.39, 0.29) is 5.91 Å². The molecule has 0 bridgehead atoms. The first-order valence-electron chi connectivity index (χ1n) is 4.93. The van der Waals surface area contributed by atoms with Crippen LogP contribution in [0, 0.1) is 0 Å². The normalized spacial score (nSPS) is 15.7. The molecule has 4 heteroatoms. The molecule has 0 atom stereocenters. The maximum absolute atomic E-state index is 12.0. The largest absolute Gasteiger partial charge is 0.339 e. The Morgan fingerprint density at radius 2 is 2.00 bits per heavy atom. The van der Waals surface area contributed by atoms with Crippen LogP contribution in [-0.2, 0) is 0 Å². The summed E-state index contributed by atoms with van der Waals surface area (Å²) in [5.74, 6) is 0.102. The topological polar surface area (TPSA) is 20.3 Å². The number of hydrogen-bond acceptors (Lipinski definition) is 1. The van der Waals surface area contributed by atoms with Crippen LogP contribution in [0.5, 0.6) is 0 Å². The first-order chi connectivity index (χ1) is 7.18. The molecular formula is C11H11BrClNO. The molecule has 1 aromatic carbocycles. The van der Waals surface area contributed by atoms with E-state index in [9.17, 15) is 4.79 Å². The maximum Gasteiger partial charge on any atom is 0.253 e. The third kappa shape index (κ3) is 2.34. The number of carbonyl (C=O) groups is 1. The van der Waals surface area contributed by atoms with Crippen molar-refractivity contribution in [3.63, 3.8) is 0 Å². The lowest BCUT2D eigenvalue weighted by atomic mass is 10.2. The first kappa shape index (κ1) is 11.0. The molecular weight excluding hydrogens is 277 g/mol. The van der Waals surface area contributed by atoms with Crippen LogP contribution < -0.4 is 0 Å². The van der Waals surface area contributed by atoms with E-state index >= 15 is 0 Å². The molecule has 0 aromatic heterocycles. The Kier molecular flexibility index (Phi) is 3.32. The third-order valence-corrected chi connectivity index (χ3v) is 3.77. The summed E-state index contributed by atoms with van der Waals surface area (Å²) in [6.45, 7) is 1.75. The summed E-state index contributed by atoms with van der Waals surface area (Å²) in [6.07, 6.45) is 2.22. The monoisotopic (exact) mass is 287 g/mol. The van der Waals surface area contributed by atoms with E-state index in [1.54, 1.807) is 18.2 Å². The van der Waals surface area contributed by atoms with E-state index < -0.39 is 0 Å². The molecule has 1 aliphatic heterocycles. The van der Waals surface area contributed by atoms with Crippen LogP contribution in [0.2, 0.25) is 5.02 Å². The van der Waals surface area contributed by atoms with E-state index in [4.69, 9.17) is 11.6 Å². The minimum atomic E-state index is 0.102. The van der Waals surface area contributed by atoms with Gasteiger partial charge in [0.25, 0.3) is 5.91 Å². The average Bonchev–Trinajstić information content (AvgIpc) is 2.74. The van der Waals surface area contributed by atoms with Crippen molar-refractivity contribution >= 4 is 33.4 Å². The Balaban J connectivity index is 2.21. The Morgan fingerprint density at radius 3 is 2.60 bits per heavy atom. The molecule has 0 aliphatic carbocycles. The van der Waals surface area contributed by atoms with E-state index in [1.165, 1.54) is 0 Å². The maximum atomic E-state index is 12.0. The lowest BCUT2D eigenvalue weighted by Crippen LogP contribution is -2.27. The fourth-order valence-corrected chi connectivity index (χ4v) is 2.23. The van der Waals surface area contributed by atoms with Gasteiger partial charge in [0.05, 0.1) is 5.02 Å². The highest BCUT2D eigenvalue weighted by Crippen LogP contribution is 2.24. The van der Waals surface area contributed by atoms with Crippen molar-refractivity contribution < 1.29 is 4.79 Å². The number of hydrogen-bond donors (Lipinski definition) is 0. The zero-order valence-electron chi connectivity index (χ0n) is 8.17. The van der Waals surface area contributed by atoms with Gasteiger partial charge in [0.1, 0.15) is 0 Å². The summed E-state index contributed by atoms with van der Waals surface area (Å²) in [4.78, 5) is 13.9. The predicted octanol–water partition coefficient (Wildman–Crippen LogP) is 3.34. The highest BCUT2D eigenvalue weighted by atomic mass is 79.9. The van der Waals surface area contributed by atoms with Gasteiger partial charge in [-0.15, -0.1) is 0 Å². The van der Waals surface area contributed by atoms with Gasteiger partial charge < -0.3 is 4.90 Å².